The molecule has 3 rings (SSSR count). The molecule has 2 unspecified atom stereocenters. The maximum absolute atomic E-state index is 11.8. The van der Waals surface area contributed by atoms with Gasteiger partial charge in [-0.15, -0.1) is 0 Å². The Kier molecular flexibility index (Phi) is 3.15. The molecule has 2 aliphatic rings. The minimum absolute atomic E-state index is 0.0960. The maximum atomic E-state index is 11.8. The van der Waals surface area contributed by atoms with Crippen molar-refractivity contribution in [2.75, 3.05) is 18.4 Å². The lowest BCUT2D eigenvalue weighted by molar-refractivity contribution is 0.318. The zero-order chi connectivity index (χ0) is 12.7. The highest BCUT2D eigenvalue weighted by Crippen LogP contribution is 2.30. The quantitative estimate of drug-likeness (QED) is 0.891. The molecule has 2 saturated heterocycles. The summed E-state index contributed by atoms with van der Waals surface area (Å²) in [6.45, 7) is 2.39. The van der Waals surface area contributed by atoms with Gasteiger partial charge in [-0.3, -0.25) is 9.69 Å². The number of fused-ring (bicyclic) bond motifs is 1. The number of hydrogen-bond donors (Lipinski definition) is 1. The van der Waals surface area contributed by atoms with Gasteiger partial charge < -0.3 is 5.32 Å². The van der Waals surface area contributed by atoms with Gasteiger partial charge in [-0.1, -0.05) is 0 Å². The minimum Gasteiger partial charge on any atom is -0.378 e. The largest absolute Gasteiger partial charge is 0.378 e. The Morgan fingerprint density at radius 2 is 2.28 bits per heavy atom. The molecule has 0 amide bonds. The van der Waals surface area contributed by atoms with Crippen molar-refractivity contribution in [1.82, 2.24) is 14.7 Å². The molecule has 0 aliphatic carbocycles. The van der Waals surface area contributed by atoms with Crippen LogP contribution in [-0.2, 0) is 7.05 Å². The molecule has 1 aromatic rings. The van der Waals surface area contributed by atoms with Gasteiger partial charge >= 0.3 is 0 Å². The number of rotatable bonds is 2. The summed E-state index contributed by atoms with van der Waals surface area (Å²) in [6.07, 6.45) is 5.42. The number of aromatic nitrogens is 2. The van der Waals surface area contributed by atoms with E-state index in [0.717, 1.165) is 18.7 Å². The Bertz CT molecular complexity index is 515. The predicted octanol–water partition coefficient (Wildman–Crippen LogP) is 1.19. The Labute approximate surface area is 114 Å². The van der Waals surface area contributed by atoms with E-state index in [2.05, 4.69) is 31.2 Å². The van der Waals surface area contributed by atoms with E-state index in [0.29, 0.717) is 16.6 Å². The molecule has 2 atom stereocenters. The molecular weight excluding hydrogens is 296 g/mol. The monoisotopic (exact) mass is 312 g/mol. The third-order valence-corrected chi connectivity index (χ3v) is 4.79. The minimum atomic E-state index is -0.0960. The fourth-order valence-corrected chi connectivity index (χ4v) is 3.54. The summed E-state index contributed by atoms with van der Waals surface area (Å²) in [5, 5.41) is 7.55. The number of halogens is 1. The molecule has 0 radical (unpaired) electrons. The fourth-order valence-electron chi connectivity index (χ4n) is 3.06. The third-order valence-electron chi connectivity index (χ3n) is 4.03. The number of nitrogens with zero attached hydrogens (tertiary/aromatic N) is 3. The van der Waals surface area contributed by atoms with Gasteiger partial charge in [-0.25, -0.2) is 4.68 Å². The van der Waals surface area contributed by atoms with Crippen LogP contribution in [0.15, 0.2) is 15.5 Å². The number of anilines is 1. The summed E-state index contributed by atoms with van der Waals surface area (Å²) in [5.74, 6) is 0. The first-order chi connectivity index (χ1) is 8.66. The van der Waals surface area contributed by atoms with Crippen LogP contribution in [0.5, 0.6) is 0 Å². The average Bonchev–Trinajstić information content (AvgIpc) is 2.94. The Morgan fingerprint density at radius 3 is 3.11 bits per heavy atom. The summed E-state index contributed by atoms with van der Waals surface area (Å²) < 4.78 is 1.92. The summed E-state index contributed by atoms with van der Waals surface area (Å²) in [4.78, 5) is 14.3. The van der Waals surface area contributed by atoms with Gasteiger partial charge in [0.05, 0.1) is 11.9 Å². The highest BCUT2D eigenvalue weighted by molar-refractivity contribution is 9.10. The van der Waals surface area contributed by atoms with Crippen LogP contribution in [-0.4, -0.2) is 39.9 Å². The second kappa shape index (κ2) is 4.66. The average molecular weight is 313 g/mol. The zero-order valence-corrected chi connectivity index (χ0v) is 12.0. The van der Waals surface area contributed by atoms with E-state index in [4.69, 9.17) is 0 Å². The normalized spacial score (nSPS) is 27.4. The van der Waals surface area contributed by atoms with Gasteiger partial charge in [-0.2, -0.15) is 5.10 Å². The lowest BCUT2D eigenvalue weighted by Crippen LogP contribution is -2.34. The SMILES string of the molecule is Cn1ncc(NC2CCN3CCCC23)c(Br)c1=O. The molecule has 2 aliphatic heterocycles. The summed E-state index contributed by atoms with van der Waals surface area (Å²) >= 11 is 3.36. The van der Waals surface area contributed by atoms with Crippen molar-refractivity contribution in [3.8, 4) is 0 Å². The van der Waals surface area contributed by atoms with Crippen LogP contribution in [0.3, 0.4) is 0 Å². The maximum Gasteiger partial charge on any atom is 0.282 e. The molecule has 2 fully saturated rings. The zero-order valence-electron chi connectivity index (χ0n) is 10.4. The summed E-state index contributed by atoms with van der Waals surface area (Å²) in [5.41, 5.74) is 0.720. The first-order valence-corrected chi connectivity index (χ1v) is 7.18. The first-order valence-electron chi connectivity index (χ1n) is 6.39. The van der Waals surface area contributed by atoms with Crippen LogP contribution < -0.4 is 10.9 Å². The van der Waals surface area contributed by atoms with Gasteiger partial charge in [0.15, 0.2) is 0 Å². The van der Waals surface area contributed by atoms with E-state index in [9.17, 15) is 4.79 Å². The van der Waals surface area contributed by atoms with Crippen LogP contribution in [0, 0.1) is 0 Å². The van der Waals surface area contributed by atoms with Crippen molar-refractivity contribution in [2.24, 2.45) is 7.05 Å². The van der Waals surface area contributed by atoms with Crippen LogP contribution in [0.2, 0.25) is 0 Å². The molecule has 98 valence electrons. The van der Waals surface area contributed by atoms with Gasteiger partial charge in [-0.05, 0) is 41.7 Å². The number of hydrogen-bond acceptors (Lipinski definition) is 4. The van der Waals surface area contributed by atoms with Crippen molar-refractivity contribution in [3.05, 3.63) is 21.0 Å². The second-order valence-corrected chi connectivity index (χ2v) is 5.88. The van der Waals surface area contributed by atoms with E-state index < -0.39 is 0 Å². The Hall–Kier alpha value is -0.880. The molecule has 0 spiro atoms. The number of aryl methyl sites for hydroxylation is 1. The molecule has 1 N–H and O–H groups in total. The lowest BCUT2D eigenvalue weighted by atomic mass is 10.1. The molecule has 0 aromatic carbocycles. The van der Waals surface area contributed by atoms with E-state index in [1.807, 2.05) is 0 Å². The van der Waals surface area contributed by atoms with Crippen molar-refractivity contribution in [3.63, 3.8) is 0 Å². The van der Waals surface area contributed by atoms with Crippen molar-refractivity contribution in [2.45, 2.75) is 31.3 Å². The molecule has 1 aromatic heterocycles. The highest BCUT2D eigenvalue weighted by Gasteiger charge is 2.37. The van der Waals surface area contributed by atoms with Gasteiger partial charge in [0.2, 0.25) is 0 Å². The molecule has 0 saturated carbocycles. The van der Waals surface area contributed by atoms with E-state index in [1.165, 1.54) is 24.1 Å². The molecule has 5 nitrogen and oxygen atoms in total. The fraction of sp³-hybridized carbons (Fsp3) is 0.667. The summed E-state index contributed by atoms with van der Waals surface area (Å²) in [7, 11) is 1.66. The third kappa shape index (κ3) is 1.97. The molecule has 0 bridgehead atoms. The van der Waals surface area contributed by atoms with Crippen molar-refractivity contribution >= 4 is 21.6 Å². The number of nitrogens with one attached hydrogen (secondary N) is 1. The van der Waals surface area contributed by atoms with Crippen LogP contribution in [0.25, 0.3) is 0 Å². The van der Waals surface area contributed by atoms with Crippen LogP contribution in [0.1, 0.15) is 19.3 Å². The molecule has 18 heavy (non-hydrogen) atoms. The summed E-state index contributed by atoms with van der Waals surface area (Å²) in [6, 6.07) is 1.07. The molecule has 3 heterocycles. The second-order valence-electron chi connectivity index (χ2n) is 5.09. The van der Waals surface area contributed by atoms with Crippen LogP contribution >= 0.6 is 15.9 Å². The molecule has 6 heteroatoms. The Balaban J connectivity index is 1.81. The van der Waals surface area contributed by atoms with Crippen molar-refractivity contribution < 1.29 is 0 Å². The van der Waals surface area contributed by atoms with E-state index in [-0.39, 0.29) is 5.56 Å². The molecular formula is C12H17BrN4O. The van der Waals surface area contributed by atoms with Gasteiger partial charge in [0, 0.05) is 25.7 Å². The first kappa shape index (κ1) is 12.2. The smallest absolute Gasteiger partial charge is 0.282 e. The van der Waals surface area contributed by atoms with E-state index >= 15 is 0 Å². The Morgan fingerprint density at radius 1 is 1.44 bits per heavy atom. The van der Waals surface area contributed by atoms with Gasteiger partial charge in [0.1, 0.15) is 4.47 Å². The van der Waals surface area contributed by atoms with E-state index in [1.54, 1.807) is 13.2 Å². The predicted molar refractivity (Wildman–Crippen MR) is 73.8 cm³/mol. The van der Waals surface area contributed by atoms with Crippen molar-refractivity contribution in [1.29, 1.82) is 0 Å². The van der Waals surface area contributed by atoms with Gasteiger partial charge in [0.25, 0.3) is 5.56 Å². The topological polar surface area (TPSA) is 50.2 Å². The lowest BCUT2D eigenvalue weighted by Gasteiger charge is -2.22. The van der Waals surface area contributed by atoms with Crippen LogP contribution in [0.4, 0.5) is 5.69 Å². The standard InChI is InChI=1S/C12H17BrN4O/c1-16-12(18)11(13)9(7-14-16)15-8-4-6-17-5-2-3-10(8)17/h7-8,10,15H,2-6H2,1H3. The highest BCUT2D eigenvalue weighted by atomic mass is 79.9.